The first-order chi connectivity index (χ1) is 25.6. The van der Waals surface area contributed by atoms with Crippen LogP contribution in [0.2, 0.25) is 0 Å². The number of nitrogens with zero attached hydrogens (tertiary/aromatic N) is 4. The lowest BCUT2D eigenvalue weighted by atomic mass is 10.0. The molecule has 4 aromatic rings. The molecule has 0 saturated carbocycles. The van der Waals surface area contributed by atoms with E-state index in [1.165, 1.54) is 22.5 Å². The first-order valence-electron chi connectivity index (χ1n) is 17.0. The maximum Gasteiger partial charge on any atom is 0.413 e. The summed E-state index contributed by atoms with van der Waals surface area (Å²) in [6.07, 6.45) is 0.731. The van der Waals surface area contributed by atoms with E-state index in [1.54, 1.807) is 65.2 Å². The molecule has 54 heavy (non-hydrogen) atoms. The fraction of sp³-hybridized carbons (Fsp3) is 0.316. The van der Waals surface area contributed by atoms with Crippen molar-refractivity contribution in [3.63, 3.8) is 0 Å². The number of benzene rings is 2. The number of hydrogen-bond donors (Lipinski definition) is 2. The number of ether oxygens (including phenoxy) is 3. The summed E-state index contributed by atoms with van der Waals surface area (Å²) < 4.78 is 32.0. The van der Waals surface area contributed by atoms with Crippen molar-refractivity contribution < 1.29 is 37.9 Å². The normalized spacial score (nSPS) is 18.7. The van der Waals surface area contributed by atoms with Crippen molar-refractivity contribution >= 4 is 58.5 Å². The minimum Gasteiger partial charge on any atom is -0.614 e. The molecule has 0 bridgehead atoms. The highest BCUT2D eigenvalue weighted by Gasteiger charge is 2.61. The molecule has 4 heterocycles. The van der Waals surface area contributed by atoms with Crippen LogP contribution in [-0.2, 0) is 35.0 Å². The van der Waals surface area contributed by atoms with Crippen molar-refractivity contribution in [2.24, 2.45) is 0 Å². The Labute approximate surface area is 319 Å². The molecule has 0 radical (unpaired) electrons. The number of aromatic nitrogens is 3. The Morgan fingerprint density at radius 1 is 0.926 bits per heavy atom. The number of fused-ring (bicyclic) bond motifs is 2. The van der Waals surface area contributed by atoms with E-state index in [-0.39, 0.29) is 11.4 Å². The average Bonchev–Trinajstić information content (AvgIpc) is 3.49. The lowest BCUT2D eigenvalue weighted by Gasteiger charge is -2.49. The highest BCUT2D eigenvalue weighted by molar-refractivity contribution is 8.02. The molecule has 2 N–H and O–H groups in total. The van der Waals surface area contributed by atoms with Gasteiger partial charge >= 0.3 is 18.2 Å². The maximum absolute atomic E-state index is 14.3. The van der Waals surface area contributed by atoms with Gasteiger partial charge in [0.15, 0.2) is 23.6 Å². The van der Waals surface area contributed by atoms with Crippen LogP contribution in [0.1, 0.15) is 58.8 Å². The van der Waals surface area contributed by atoms with Gasteiger partial charge in [0.1, 0.15) is 27.7 Å². The van der Waals surface area contributed by atoms with Crippen LogP contribution < -0.4 is 10.6 Å². The van der Waals surface area contributed by atoms with Crippen LogP contribution in [0.15, 0.2) is 107 Å². The number of nitrogens with one attached hydrogen (secondary N) is 2. The van der Waals surface area contributed by atoms with Gasteiger partial charge in [-0.15, -0.1) is 0 Å². The molecule has 16 heteroatoms. The summed E-state index contributed by atoms with van der Waals surface area (Å²) in [4.78, 5) is 58.5. The van der Waals surface area contributed by atoms with Crippen LogP contribution in [0.4, 0.5) is 15.4 Å². The first kappa shape index (κ1) is 38.4. The van der Waals surface area contributed by atoms with E-state index in [0.29, 0.717) is 33.2 Å². The molecule has 282 valence electrons. The second-order valence-electron chi connectivity index (χ2n) is 14.4. The van der Waals surface area contributed by atoms with Gasteiger partial charge in [-0.1, -0.05) is 72.4 Å². The number of alkyl carbamates (subject to hydrolysis) is 1. The number of hydrogen-bond acceptors (Lipinski definition) is 11. The molecule has 1 saturated heterocycles. The van der Waals surface area contributed by atoms with Crippen LogP contribution in [0.5, 0.6) is 0 Å². The molecule has 2 aromatic heterocycles. The van der Waals surface area contributed by atoms with Gasteiger partial charge < -0.3 is 24.1 Å². The van der Waals surface area contributed by atoms with Gasteiger partial charge in [0.05, 0.1) is 6.20 Å². The number of carbonyl (C=O) groups is 4. The molecule has 0 spiro atoms. The summed E-state index contributed by atoms with van der Waals surface area (Å²) >= 11 is -0.538. The summed E-state index contributed by atoms with van der Waals surface area (Å²) in [6.45, 7) is 10.3. The number of anilines is 1. The zero-order valence-corrected chi connectivity index (χ0v) is 32.1. The standard InChI is InChI=1S/C38H40N6O8S2/c1-37(2,3)51-35(47)40-27-21-39-26-17-18-28(42-44(26)27)53-20-19-25-22-54(49)33-29(41-36(48)52-38(4,5)6)32(45)43(33)30(25)34(46)50-31(23-13-9-7-10-14-23)24-15-11-8-12-16-24/h7-21,29,31,33H,22H2,1-6H3,(H,40,47)(H,41,48)/b20-19+/t29-,33+,54?/m1/s1. The highest BCUT2D eigenvalue weighted by Crippen LogP contribution is 2.39. The van der Waals surface area contributed by atoms with Gasteiger partial charge in [-0.3, -0.25) is 15.0 Å². The molecule has 6 rings (SSSR count). The third kappa shape index (κ3) is 8.89. The predicted octanol–water partition coefficient (Wildman–Crippen LogP) is 6.09. The van der Waals surface area contributed by atoms with Crippen LogP contribution in [0, 0.1) is 0 Å². The van der Waals surface area contributed by atoms with E-state index in [0.717, 1.165) is 4.90 Å². The van der Waals surface area contributed by atoms with Gasteiger partial charge in [0.25, 0.3) is 5.91 Å². The Balaban J connectivity index is 1.30. The lowest BCUT2D eigenvalue weighted by Crippen LogP contribution is -2.74. The first-order valence-corrected chi connectivity index (χ1v) is 19.3. The smallest absolute Gasteiger partial charge is 0.413 e. The Kier molecular flexibility index (Phi) is 11.1. The monoisotopic (exact) mass is 772 g/mol. The molecule has 2 aromatic carbocycles. The molecule has 14 nitrogen and oxygen atoms in total. The number of imidazole rings is 1. The van der Waals surface area contributed by atoms with Gasteiger partial charge in [-0.25, -0.2) is 19.4 Å². The van der Waals surface area contributed by atoms with E-state index >= 15 is 0 Å². The second-order valence-corrected chi connectivity index (χ2v) is 16.8. The number of β-lactam (4-membered cyclic amide) rings is 1. The number of esters is 1. The Hall–Kier alpha value is -5.32. The maximum atomic E-state index is 14.3. The quantitative estimate of drug-likeness (QED) is 0.0662. The third-order valence-electron chi connectivity index (χ3n) is 7.88. The number of allylic oxidation sites excluding steroid dienone is 1. The topological polar surface area (TPSA) is 177 Å². The van der Waals surface area contributed by atoms with Crippen LogP contribution in [0.25, 0.3) is 5.65 Å². The van der Waals surface area contributed by atoms with Crippen molar-refractivity contribution in [3.8, 4) is 0 Å². The van der Waals surface area contributed by atoms with Crippen molar-refractivity contribution in [2.75, 3.05) is 11.1 Å². The largest absolute Gasteiger partial charge is 0.614 e. The summed E-state index contributed by atoms with van der Waals surface area (Å²) in [5, 5.41) is 10.9. The predicted molar refractivity (Wildman–Crippen MR) is 202 cm³/mol. The molecule has 2 aliphatic rings. The minimum atomic E-state index is -1.72. The summed E-state index contributed by atoms with van der Waals surface area (Å²) in [6, 6.07) is 20.7. The molecule has 3 amide bonds. The van der Waals surface area contributed by atoms with Crippen LogP contribution in [0.3, 0.4) is 0 Å². The van der Waals surface area contributed by atoms with E-state index in [1.807, 2.05) is 60.7 Å². The molecular formula is C38H40N6O8S2. The van der Waals surface area contributed by atoms with E-state index in [4.69, 9.17) is 14.2 Å². The zero-order valence-electron chi connectivity index (χ0n) is 30.5. The molecule has 1 fully saturated rings. The summed E-state index contributed by atoms with van der Waals surface area (Å²) in [5.41, 5.74) is 0.582. The average molecular weight is 773 g/mol. The summed E-state index contributed by atoms with van der Waals surface area (Å²) in [7, 11) is 0. The second kappa shape index (κ2) is 15.6. The van der Waals surface area contributed by atoms with Crippen molar-refractivity contribution in [1.82, 2.24) is 24.8 Å². The molecular weight excluding hydrogens is 733 g/mol. The molecule has 0 aliphatic carbocycles. The fourth-order valence-corrected chi connectivity index (χ4v) is 7.99. The van der Waals surface area contributed by atoms with E-state index in [9.17, 15) is 23.7 Å². The third-order valence-corrected chi connectivity index (χ3v) is 10.2. The molecule has 1 unspecified atom stereocenters. The zero-order chi connectivity index (χ0) is 38.8. The van der Waals surface area contributed by atoms with Gasteiger partial charge in [0, 0.05) is 5.57 Å². The Bertz CT molecular complexity index is 2070. The van der Waals surface area contributed by atoms with Crippen molar-refractivity contribution in [3.05, 3.63) is 113 Å². The number of rotatable bonds is 9. The van der Waals surface area contributed by atoms with Crippen LogP contribution in [-0.4, -0.2) is 76.5 Å². The van der Waals surface area contributed by atoms with Crippen molar-refractivity contribution in [1.29, 1.82) is 0 Å². The minimum absolute atomic E-state index is 0.0811. The molecule has 3 atom stereocenters. The fourth-order valence-electron chi connectivity index (χ4n) is 5.70. The lowest BCUT2D eigenvalue weighted by molar-refractivity contribution is -0.154. The SMILES string of the molecule is CC(C)(C)OC(=O)Nc1cnc2ccc(S/C=C/C3=C(C(=O)OC(c4ccccc4)c4ccccc4)N4C(=O)[C@@H](NC(=O)OC(C)(C)C)[C@@H]4[S+]([O-])C3)nn12. The van der Waals surface area contributed by atoms with Gasteiger partial charge in [-0.05, 0) is 87.5 Å². The van der Waals surface area contributed by atoms with Crippen LogP contribution >= 0.6 is 11.8 Å². The van der Waals surface area contributed by atoms with E-state index in [2.05, 4.69) is 20.7 Å². The Morgan fingerprint density at radius 2 is 1.54 bits per heavy atom. The van der Waals surface area contributed by atoms with Crippen molar-refractivity contribution in [2.45, 2.75) is 75.3 Å². The number of carbonyl (C=O) groups excluding carboxylic acids is 4. The van der Waals surface area contributed by atoms with Gasteiger partial charge in [-0.2, -0.15) is 9.61 Å². The molecule has 2 aliphatic heterocycles. The Morgan fingerprint density at radius 3 is 2.15 bits per heavy atom. The highest BCUT2D eigenvalue weighted by atomic mass is 32.2. The summed E-state index contributed by atoms with van der Waals surface area (Å²) in [5.74, 6) is -1.25. The van der Waals surface area contributed by atoms with Gasteiger partial charge in [0.2, 0.25) is 5.37 Å². The number of thioether (sulfide) groups is 1. The number of amides is 3. The van der Waals surface area contributed by atoms with E-state index < -0.39 is 64.0 Å².